The van der Waals surface area contributed by atoms with Crippen LogP contribution in [0.1, 0.15) is 32.3 Å². The Bertz CT molecular complexity index is 587. The van der Waals surface area contributed by atoms with Gasteiger partial charge in [-0.15, -0.1) is 11.6 Å². The second-order valence-corrected chi connectivity index (χ2v) is 8.00. The lowest BCUT2D eigenvalue weighted by Gasteiger charge is -2.27. The molecule has 112 valence electrons. The Morgan fingerprint density at radius 1 is 1.40 bits per heavy atom. The zero-order chi connectivity index (χ0) is 14.9. The van der Waals surface area contributed by atoms with E-state index in [0.717, 1.165) is 18.4 Å². The lowest BCUT2D eigenvalue weighted by atomic mass is 10.0. The summed E-state index contributed by atoms with van der Waals surface area (Å²) in [5, 5.41) is 0.258. The third kappa shape index (κ3) is 2.98. The summed E-state index contributed by atoms with van der Waals surface area (Å²) < 4.78 is 27.3. The molecule has 1 aliphatic heterocycles. The van der Waals surface area contributed by atoms with Crippen LogP contribution in [-0.4, -0.2) is 25.3 Å². The molecular weight excluding hydrogens is 317 g/mol. The van der Waals surface area contributed by atoms with Crippen LogP contribution < -0.4 is 0 Å². The summed E-state index contributed by atoms with van der Waals surface area (Å²) in [7, 11) is -3.55. The Hall–Kier alpha value is -0.290. The highest BCUT2D eigenvalue weighted by Gasteiger charge is 2.37. The van der Waals surface area contributed by atoms with Gasteiger partial charge in [0, 0.05) is 18.5 Å². The maximum Gasteiger partial charge on any atom is 0.244 e. The fourth-order valence-corrected chi connectivity index (χ4v) is 5.20. The third-order valence-electron chi connectivity index (χ3n) is 3.75. The van der Waals surface area contributed by atoms with E-state index in [1.165, 1.54) is 0 Å². The Labute approximate surface area is 130 Å². The van der Waals surface area contributed by atoms with Gasteiger partial charge in [-0.05, 0) is 36.5 Å². The summed E-state index contributed by atoms with van der Waals surface area (Å²) in [6.45, 7) is 4.66. The predicted molar refractivity (Wildman–Crippen MR) is 82.8 cm³/mol. The molecule has 0 aromatic heterocycles. The Balaban J connectivity index is 2.44. The van der Waals surface area contributed by atoms with Crippen molar-refractivity contribution in [3.8, 4) is 0 Å². The molecule has 1 unspecified atom stereocenters. The largest absolute Gasteiger partial charge is 0.244 e. The molecule has 0 radical (unpaired) electrons. The second-order valence-electron chi connectivity index (χ2n) is 5.47. The fourth-order valence-electron chi connectivity index (χ4n) is 2.69. The zero-order valence-electron chi connectivity index (χ0n) is 11.6. The molecular formula is C14H19Cl2NO2S. The highest BCUT2D eigenvalue weighted by atomic mass is 35.5. The van der Waals surface area contributed by atoms with Crippen molar-refractivity contribution < 1.29 is 8.42 Å². The maximum absolute atomic E-state index is 12.8. The van der Waals surface area contributed by atoms with Crippen LogP contribution in [0.15, 0.2) is 23.1 Å². The van der Waals surface area contributed by atoms with Crippen molar-refractivity contribution in [2.45, 2.75) is 43.5 Å². The summed E-state index contributed by atoms with van der Waals surface area (Å²) in [6, 6.07) is 4.99. The topological polar surface area (TPSA) is 37.4 Å². The first-order valence-electron chi connectivity index (χ1n) is 6.74. The summed E-state index contributed by atoms with van der Waals surface area (Å²) in [4.78, 5) is 0.171. The molecule has 1 heterocycles. The van der Waals surface area contributed by atoms with Gasteiger partial charge in [0.2, 0.25) is 10.0 Å². The molecule has 0 N–H and O–H groups in total. The minimum absolute atomic E-state index is 0.0516. The second kappa shape index (κ2) is 6.22. The van der Waals surface area contributed by atoms with Crippen LogP contribution in [0.5, 0.6) is 0 Å². The molecule has 1 aromatic rings. The van der Waals surface area contributed by atoms with Crippen LogP contribution in [0.4, 0.5) is 0 Å². The SMILES string of the molecule is CC(C)C1CCCN1S(=O)(=O)c1cc(CCl)ccc1Cl. The van der Waals surface area contributed by atoms with E-state index in [1.54, 1.807) is 22.5 Å². The van der Waals surface area contributed by atoms with Crippen LogP contribution in [0.3, 0.4) is 0 Å². The molecule has 0 aliphatic carbocycles. The molecule has 0 saturated carbocycles. The van der Waals surface area contributed by atoms with Crippen LogP contribution in [0.2, 0.25) is 5.02 Å². The van der Waals surface area contributed by atoms with Gasteiger partial charge in [-0.2, -0.15) is 4.31 Å². The first-order valence-corrected chi connectivity index (χ1v) is 9.09. The number of alkyl halides is 1. The highest BCUT2D eigenvalue weighted by molar-refractivity contribution is 7.89. The van der Waals surface area contributed by atoms with E-state index >= 15 is 0 Å². The molecule has 6 heteroatoms. The number of benzene rings is 1. The average Bonchev–Trinajstić information content (AvgIpc) is 2.89. The van der Waals surface area contributed by atoms with Crippen molar-refractivity contribution >= 4 is 33.2 Å². The monoisotopic (exact) mass is 335 g/mol. The Morgan fingerprint density at radius 2 is 2.10 bits per heavy atom. The summed E-state index contributed by atoms with van der Waals surface area (Å²) in [5.74, 6) is 0.565. The van der Waals surface area contributed by atoms with E-state index in [2.05, 4.69) is 13.8 Å². The van der Waals surface area contributed by atoms with Crippen LogP contribution in [-0.2, 0) is 15.9 Å². The van der Waals surface area contributed by atoms with Crippen LogP contribution in [0, 0.1) is 5.92 Å². The van der Waals surface area contributed by atoms with Gasteiger partial charge in [0.15, 0.2) is 0 Å². The molecule has 0 amide bonds. The molecule has 0 spiro atoms. The number of rotatable bonds is 4. The number of hydrogen-bond acceptors (Lipinski definition) is 2. The number of halogens is 2. The van der Waals surface area contributed by atoms with Crippen molar-refractivity contribution in [1.29, 1.82) is 0 Å². The molecule has 20 heavy (non-hydrogen) atoms. The van der Waals surface area contributed by atoms with Crippen LogP contribution >= 0.6 is 23.2 Å². The Kier molecular flexibility index (Phi) is 5.00. The number of hydrogen-bond donors (Lipinski definition) is 0. The number of sulfonamides is 1. The molecule has 1 aromatic carbocycles. The minimum Gasteiger partial charge on any atom is -0.207 e. The van der Waals surface area contributed by atoms with E-state index < -0.39 is 10.0 Å². The van der Waals surface area contributed by atoms with E-state index in [4.69, 9.17) is 23.2 Å². The van der Waals surface area contributed by atoms with E-state index in [1.807, 2.05) is 0 Å². The van der Waals surface area contributed by atoms with Crippen molar-refractivity contribution in [2.24, 2.45) is 5.92 Å². The van der Waals surface area contributed by atoms with Gasteiger partial charge in [0.1, 0.15) is 4.90 Å². The lowest BCUT2D eigenvalue weighted by Crippen LogP contribution is -2.38. The molecule has 2 rings (SSSR count). The van der Waals surface area contributed by atoms with Crippen molar-refractivity contribution in [2.75, 3.05) is 6.54 Å². The predicted octanol–water partition coefficient (Wildman–Crippen LogP) is 3.89. The summed E-state index contributed by atoms with van der Waals surface area (Å²) in [6.07, 6.45) is 1.80. The minimum atomic E-state index is -3.55. The highest BCUT2D eigenvalue weighted by Crippen LogP contribution is 2.33. The number of nitrogens with zero attached hydrogens (tertiary/aromatic N) is 1. The average molecular weight is 336 g/mol. The van der Waals surface area contributed by atoms with Crippen molar-refractivity contribution in [1.82, 2.24) is 4.31 Å². The standard InChI is InChI=1S/C14H19Cl2NO2S/c1-10(2)13-4-3-7-17(13)20(18,19)14-8-11(9-15)5-6-12(14)16/h5-6,8,10,13H,3-4,7,9H2,1-2H3. The van der Waals surface area contributed by atoms with Gasteiger partial charge in [-0.1, -0.05) is 31.5 Å². The van der Waals surface area contributed by atoms with Gasteiger partial charge in [0.05, 0.1) is 5.02 Å². The molecule has 3 nitrogen and oxygen atoms in total. The van der Waals surface area contributed by atoms with Gasteiger partial charge < -0.3 is 0 Å². The van der Waals surface area contributed by atoms with Crippen molar-refractivity contribution in [3.05, 3.63) is 28.8 Å². The first kappa shape index (κ1) is 16.1. The Morgan fingerprint density at radius 3 is 2.70 bits per heavy atom. The first-order chi connectivity index (χ1) is 9.37. The smallest absolute Gasteiger partial charge is 0.207 e. The fraction of sp³-hybridized carbons (Fsp3) is 0.571. The summed E-state index contributed by atoms with van der Waals surface area (Å²) >= 11 is 11.9. The van der Waals surface area contributed by atoms with E-state index in [0.29, 0.717) is 12.5 Å². The molecule has 1 atom stereocenters. The van der Waals surface area contributed by atoms with E-state index in [-0.39, 0.29) is 21.8 Å². The summed E-state index contributed by atoms with van der Waals surface area (Å²) in [5.41, 5.74) is 0.759. The lowest BCUT2D eigenvalue weighted by molar-refractivity contribution is 0.316. The third-order valence-corrected chi connectivity index (χ3v) is 6.47. The molecule has 1 aliphatic rings. The maximum atomic E-state index is 12.8. The molecule has 0 bridgehead atoms. The van der Waals surface area contributed by atoms with Gasteiger partial charge >= 0.3 is 0 Å². The van der Waals surface area contributed by atoms with E-state index in [9.17, 15) is 8.42 Å². The normalized spacial score (nSPS) is 20.8. The zero-order valence-corrected chi connectivity index (χ0v) is 14.0. The quantitative estimate of drug-likeness (QED) is 0.783. The van der Waals surface area contributed by atoms with Gasteiger partial charge in [-0.25, -0.2) is 8.42 Å². The molecule has 1 saturated heterocycles. The van der Waals surface area contributed by atoms with Gasteiger partial charge in [0.25, 0.3) is 0 Å². The van der Waals surface area contributed by atoms with Crippen molar-refractivity contribution in [3.63, 3.8) is 0 Å². The van der Waals surface area contributed by atoms with Crippen LogP contribution in [0.25, 0.3) is 0 Å². The van der Waals surface area contributed by atoms with Gasteiger partial charge in [-0.3, -0.25) is 0 Å². The molecule has 1 fully saturated rings.